The number of rotatable bonds is 6. The van der Waals surface area contributed by atoms with Crippen molar-refractivity contribution < 1.29 is 14.6 Å². The maximum Gasteiger partial charge on any atom is 0.249 e. The second-order valence-corrected chi connectivity index (χ2v) is 7.99. The van der Waals surface area contributed by atoms with Gasteiger partial charge in [-0.2, -0.15) is 0 Å². The number of nitrogens with one attached hydrogen (secondary N) is 2. The minimum absolute atomic E-state index is 0.143. The maximum atomic E-state index is 11.4. The molecule has 0 aliphatic rings. The molecule has 2 aromatic heterocycles. The fraction of sp³-hybridized carbons (Fsp3) is 0.185. The average Bonchev–Trinajstić information content (AvgIpc) is 2.85. The molecule has 4 rings (SSSR count). The van der Waals surface area contributed by atoms with E-state index in [0.717, 1.165) is 39.2 Å². The Morgan fingerprint density at radius 2 is 1.94 bits per heavy atom. The molecule has 2 heterocycles. The van der Waals surface area contributed by atoms with Crippen LogP contribution in [0.3, 0.4) is 0 Å². The highest BCUT2D eigenvalue weighted by Gasteiger charge is 2.08. The molecule has 0 aliphatic heterocycles. The van der Waals surface area contributed by atoms with E-state index < -0.39 is 12.0 Å². The Kier molecular flexibility index (Phi) is 7.19. The predicted molar refractivity (Wildman–Crippen MR) is 135 cm³/mol. The summed E-state index contributed by atoms with van der Waals surface area (Å²) in [6.07, 6.45) is 2.15. The number of aliphatic hydroxyl groups is 1. The topological polar surface area (TPSA) is 109 Å². The van der Waals surface area contributed by atoms with Crippen LogP contribution in [-0.2, 0) is 4.79 Å². The van der Waals surface area contributed by atoms with E-state index >= 15 is 0 Å². The van der Waals surface area contributed by atoms with Crippen molar-refractivity contribution >= 4 is 28.3 Å². The van der Waals surface area contributed by atoms with Gasteiger partial charge in [0.15, 0.2) is 0 Å². The zero-order valence-electron chi connectivity index (χ0n) is 19.7. The lowest BCUT2D eigenvalue weighted by molar-refractivity contribution is -0.128. The number of aryl methyl sites for hydroxylation is 2. The van der Waals surface area contributed by atoms with Crippen LogP contribution in [-0.4, -0.2) is 38.6 Å². The van der Waals surface area contributed by atoms with Crippen molar-refractivity contribution in [1.82, 2.24) is 20.3 Å². The van der Waals surface area contributed by atoms with Crippen LogP contribution in [0.2, 0.25) is 0 Å². The summed E-state index contributed by atoms with van der Waals surface area (Å²) in [5.41, 5.74) is 4.28. The highest BCUT2D eigenvalue weighted by molar-refractivity contribution is 5.91. The van der Waals surface area contributed by atoms with Gasteiger partial charge in [-0.25, -0.2) is 9.97 Å². The van der Waals surface area contributed by atoms with Gasteiger partial charge in [0.1, 0.15) is 29.7 Å². The molecule has 0 aliphatic carbocycles. The fourth-order valence-electron chi connectivity index (χ4n) is 3.28. The Bertz CT molecular complexity index is 1420. The summed E-state index contributed by atoms with van der Waals surface area (Å²) in [5, 5.41) is 15.9. The van der Waals surface area contributed by atoms with Crippen LogP contribution >= 0.6 is 0 Å². The molecule has 1 unspecified atom stereocenters. The molecular weight excluding hydrogens is 442 g/mol. The highest BCUT2D eigenvalue weighted by Crippen LogP contribution is 2.29. The van der Waals surface area contributed by atoms with Crippen LogP contribution in [0.25, 0.3) is 10.9 Å². The van der Waals surface area contributed by atoms with E-state index in [1.54, 1.807) is 6.20 Å². The Morgan fingerprint density at radius 1 is 1.09 bits per heavy atom. The number of amides is 1. The lowest BCUT2D eigenvalue weighted by Gasteiger charge is -2.12. The molecule has 2 aromatic carbocycles. The zero-order chi connectivity index (χ0) is 24.8. The smallest absolute Gasteiger partial charge is 0.249 e. The molecule has 8 heteroatoms. The summed E-state index contributed by atoms with van der Waals surface area (Å²) in [6.45, 7) is 5.46. The number of aliphatic hydroxyl groups excluding tert-OH is 1. The van der Waals surface area contributed by atoms with E-state index in [1.165, 1.54) is 13.3 Å². The van der Waals surface area contributed by atoms with Gasteiger partial charge in [-0.3, -0.25) is 9.78 Å². The lowest BCUT2D eigenvalue weighted by Crippen LogP contribution is -2.32. The van der Waals surface area contributed by atoms with E-state index in [0.29, 0.717) is 11.6 Å². The van der Waals surface area contributed by atoms with Crippen molar-refractivity contribution in [3.63, 3.8) is 0 Å². The number of hydrogen-bond acceptors (Lipinski definition) is 7. The number of ether oxygens (including phenoxy) is 1. The Balaban J connectivity index is 1.51. The summed E-state index contributed by atoms with van der Waals surface area (Å²) in [4.78, 5) is 24.4. The van der Waals surface area contributed by atoms with Gasteiger partial charge >= 0.3 is 0 Å². The molecule has 35 heavy (non-hydrogen) atoms. The van der Waals surface area contributed by atoms with E-state index in [2.05, 4.69) is 37.4 Å². The normalized spacial score (nSPS) is 11.3. The quantitative estimate of drug-likeness (QED) is 0.367. The van der Waals surface area contributed by atoms with Crippen LogP contribution in [0.1, 0.15) is 23.7 Å². The summed E-state index contributed by atoms with van der Waals surface area (Å²) in [5.74, 6) is 7.52. The first kappa shape index (κ1) is 23.7. The third kappa shape index (κ3) is 6.10. The van der Waals surface area contributed by atoms with Crippen LogP contribution in [0.15, 0.2) is 61.1 Å². The zero-order valence-corrected chi connectivity index (χ0v) is 19.7. The highest BCUT2D eigenvalue weighted by atomic mass is 16.5. The van der Waals surface area contributed by atoms with Gasteiger partial charge in [-0.1, -0.05) is 11.8 Å². The standard InChI is InChI=1S/C27H25N5O3/c1-17-13-21(8-11-25(17)35-22-9-6-18(2)29-15-22)32-26-23-14-20(7-10-24(23)30-16-31-26)5-4-12-28-27(34)19(3)33/h6-11,13-16,19,33H,12H2,1-3H3,(H,28,34)(H,30,31,32). The summed E-state index contributed by atoms with van der Waals surface area (Å²) >= 11 is 0. The number of fused-ring (bicyclic) bond motifs is 1. The van der Waals surface area contributed by atoms with Crippen molar-refractivity contribution in [3.8, 4) is 23.3 Å². The molecular formula is C27H25N5O3. The van der Waals surface area contributed by atoms with E-state index in [-0.39, 0.29) is 6.54 Å². The Labute approximate surface area is 203 Å². The number of hydrogen-bond donors (Lipinski definition) is 3. The van der Waals surface area contributed by atoms with E-state index in [9.17, 15) is 9.90 Å². The molecule has 176 valence electrons. The molecule has 8 nitrogen and oxygen atoms in total. The number of anilines is 2. The minimum Gasteiger partial charge on any atom is -0.455 e. The third-order valence-corrected chi connectivity index (χ3v) is 5.15. The predicted octanol–water partition coefficient (Wildman–Crippen LogP) is 4.03. The van der Waals surface area contributed by atoms with Gasteiger partial charge in [-0.05, 0) is 74.9 Å². The van der Waals surface area contributed by atoms with Gasteiger partial charge in [0.25, 0.3) is 0 Å². The number of carbonyl (C=O) groups excluding carboxylic acids is 1. The van der Waals surface area contributed by atoms with Crippen LogP contribution < -0.4 is 15.4 Å². The van der Waals surface area contributed by atoms with Gasteiger partial charge < -0.3 is 20.5 Å². The van der Waals surface area contributed by atoms with E-state index in [1.807, 2.05) is 62.4 Å². The van der Waals surface area contributed by atoms with Gasteiger partial charge in [0.2, 0.25) is 5.91 Å². The second kappa shape index (κ2) is 10.6. The summed E-state index contributed by atoms with van der Waals surface area (Å²) in [6, 6.07) is 15.2. The number of aromatic nitrogens is 3. The Hall–Kier alpha value is -4.48. The van der Waals surface area contributed by atoms with Crippen molar-refractivity contribution in [2.45, 2.75) is 26.9 Å². The molecule has 1 atom stereocenters. The third-order valence-electron chi connectivity index (χ3n) is 5.15. The number of nitrogens with zero attached hydrogens (tertiary/aromatic N) is 3. The second-order valence-electron chi connectivity index (χ2n) is 7.99. The monoisotopic (exact) mass is 467 g/mol. The molecule has 0 spiro atoms. The maximum absolute atomic E-state index is 11.4. The molecule has 0 radical (unpaired) electrons. The van der Waals surface area contributed by atoms with Crippen LogP contribution in [0, 0.1) is 25.7 Å². The largest absolute Gasteiger partial charge is 0.455 e. The summed E-state index contributed by atoms with van der Waals surface area (Å²) < 4.78 is 5.96. The molecule has 4 aromatic rings. The SMILES string of the molecule is Cc1ccc(Oc2ccc(Nc3ncnc4ccc(C#CCNC(=O)C(C)O)cc34)cc2C)cn1. The van der Waals surface area contributed by atoms with Gasteiger partial charge in [0.05, 0.1) is 18.3 Å². The van der Waals surface area contributed by atoms with Crippen molar-refractivity contribution in [2.75, 3.05) is 11.9 Å². The van der Waals surface area contributed by atoms with Crippen LogP contribution in [0.4, 0.5) is 11.5 Å². The van der Waals surface area contributed by atoms with Crippen molar-refractivity contribution in [3.05, 3.63) is 77.9 Å². The average molecular weight is 468 g/mol. The van der Waals surface area contributed by atoms with Gasteiger partial charge in [-0.15, -0.1) is 0 Å². The van der Waals surface area contributed by atoms with Crippen LogP contribution in [0.5, 0.6) is 11.5 Å². The molecule has 1 amide bonds. The number of carbonyl (C=O) groups is 1. The van der Waals surface area contributed by atoms with Crippen molar-refractivity contribution in [2.24, 2.45) is 0 Å². The lowest BCUT2D eigenvalue weighted by atomic mass is 10.1. The first-order valence-electron chi connectivity index (χ1n) is 11.1. The number of benzene rings is 2. The first-order valence-corrected chi connectivity index (χ1v) is 11.1. The van der Waals surface area contributed by atoms with Crippen molar-refractivity contribution in [1.29, 1.82) is 0 Å². The summed E-state index contributed by atoms with van der Waals surface area (Å²) in [7, 11) is 0. The fourth-order valence-corrected chi connectivity index (χ4v) is 3.28. The minimum atomic E-state index is -1.06. The molecule has 3 N–H and O–H groups in total. The molecule has 0 fully saturated rings. The molecule has 0 saturated carbocycles. The van der Waals surface area contributed by atoms with Gasteiger partial charge in [0, 0.05) is 22.3 Å². The molecule has 0 saturated heterocycles. The first-order chi connectivity index (χ1) is 16.9. The number of pyridine rings is 1. The molecule has 0 bridgehead atoms. The van der Waals surface area contributed by atoms with E-state index in [4.69, 9.17) is 4.74 Å². The Morgan fingerprint density at radius 3 is 2.69 bits per heavy atom.